The van der Waals surface area contributed by atoms with Crippen LogP contribution in [-0.2, 0) is 9.59 Å². The van der Waals surface area contributed by atoms with E-state index in [2.05, 4.69) is 0 Å². The number of hydrogen-bond donors (Lipinski definition) is 1. The molecule has 0 unspecified atom stereocenters. The van der Waals surface area contributed by atoms with Gasteiger partial charge in [0.25, 0.3) is 0 Å². The number of aliphatic carboxylic acids is 1. The molecule has 0 bridgehead atoms. The number of nitrogens with zero attached hydrogens (tertiary/aromatic N) is 1. The summed E-state index contributed by atoms with van der Waals surface area (Å²) in [6.07, 6.45) is 3.05. The highest BCUT2D eigenvalue weighted by molar-refractivity contribution is 5.81. The maximum absolute atomic E-state index is 11.5. The lowest BCUT2D eigenvalue weighted by molar-refractivity contribution is -0.144. The highest BCUT2D eigenvalue weighted by Crippen LogP contribution is 2.01. The summed E-state index contributed by atoms with van der Waals surface area (Å²) in [4.78, 5) is 23.4. The van der Waals surface area contributed by atoms with Gasteiger partial charge in [-0.05, 0) is 12.8 Å². The van der Waals surface area contributed by atoms with Crippen molar-refractivity contribution in [3.63, 3.8) is 0 Å². The SMILES string of the molecule is CCCCC(=O)N(CCC)CC(=O)O. The Morgan fingerprint density at radius 3 is 2.29 bits per heavy atom. The predicted molar refractivity (Wildman–Crippen MR) is 54.0 cm³/mol. The molecule has 0 radical (unpaired) electrons. The summed E-state index contributed by atoms with van der Waals surface area (Å²) in [5.41, 5.74) is 0. The van der Waals surface area contributed by atoms with Gasteiger partial charge in [0, 0.05) is 13.0 Å². The minimum atomic E-state index is -0.941. The van der Waals surface area contributed by atoms with Gasteiger partial charge in [-0.25, -0.2) is 0 Å². The van der Waals surface area contributed by atoms with Crippen molar-refractivity contribution in [1.82, 2.24) is 4.90 Å². The first-order valence-electron chi connectivity index (χ1n) is 5.11. The van der Waals surface area contributed by atoms with E-state index in [0.717, 1.165) is 19.3 Å². The summed E-state index contributed by atoms with van der Waals surface area (Å²) in [5, 5.41) is 8.59. The molecule has 1 amide bonds. The van der Waals surface area contributed by atoms with Crippen LogP contribution in [0.25, 0.3) is 0 Å². The summed E-state index contributed by atoms with van der Waals surface area (Å²) >= 11 is 0. The van der Waals surface area contributed by atoms with Crippen LogP contribution >= 0.6 is 0 Å². The minimum Gasteiger partial charge on any atom is -0.480 e. The second-order valence-electron chi connectivity index (χ2n) is 3.31. The quantitative estimate of drug-likeness (QED) is 0.679. The number of amides is 1. The number of carbonyl (C=O) groups excluding carboxylic acids is 1. The Morgan fingerprint density at radius 2 is 1.86 bits per heavy atom. The van der Waals surface area contributed by atoms with E-state index in [1.165, 1.54) is 4.90 Å². The number of unbranched alkanes of at least 4 members (excludes halogenated alkanes) is 1. The first-order chi connectivity index (χ1) is 6.61. The monoisotopic (exact) mass is 201 g/mol. The topological polar surface area (TPSA) is 57.6 Å². The Bertz CT molecular complexity index is 192. The molecular weight excluding hydrogens is 182 g/mol. The lowest BCUT2D eigenvalue weighted by Gasteiger charge is -2.19. The molecule has 0 heterocycles. The second-order valence-corrected chi connectivity index (χ2v) is 3.31. The van der Waals surface area contributed by atoms with Gasteiger partial charge in [0.1, 0.15) is 6.54 Å². The third kappa shape index (κ3) is 5.56. The number of carboxylic acids is 1. The summed E-state index contributed by atoms with van der Waals surface area (Å²) in [5.74, 6) is -0.987. The lowest BCUT2D eigenvalue weighted by atomic mass is 10.2. The van der Waals surface area contributed by atoms with Gasteiger partial charge < -0.3 is 10.0 Å². The average Bonchev–Trinajstić information content (AvgIpc) is 2.13. The Kier molecular flexibility index (Phi) is 6.80. The van der Waals surface area contributed by atoms with Gasteiger partial charge in [-0.3, -0.25) is 9.59 Å². The molecule has 0 spiro atoms. The molecule has 4 nitrogen and oxygen atoms in total. The summed E-state index contributed by atoms with van der Waals surface area (Å²) in [7, 11) is 0. The normalized spacial score (nSPS) is 9.86. The molecule has 0 atom stereocenters. The first-order valence-corrected chi connectivity index (χ1v) is 5.11. The Morgan fingerprint density at radius 1 is 1.21 bits per heavy atom. The van der Waals surface area contributed by atoms with Crippen LogP contribution in [0.5, 0.6) is 0 Å². The molecule has 0 aliphatic rings. The maximum atomic E-state index is 11.5. The maximum Gasteiger partial charge on any atom is 0.323 e. The Balaban J connectivity index is 4.03. The van der Waals surface area contributed by atoms with Crippen molar-refractivity contribution in [3.8, 4) is 0 Å². The molecule has 0 saturated heterocycles. The number of carbonyl (C=O) groups is 2. The number of carboxylic acid groups (broad SMARTS) is 1. The molecule has 0 rings (SSSR count). The van der Waals surface area contributed by atoms with Crippen LogP contribution in [0, 0.1) is 0 Å². The molecule has 4 heteroatoms. The van der Waals surface area contributed by atoms with Crippen LogP contribution in [0.15, 0.2) is 0 Å². The van der Waals surface area contributed by atoms with Crippen LogP contribution < -0.4 is 0 Å². The van der Waals surface area contributed by atoms with Gasteiger partial charge in [0.15, 0.2) is 0 Å². The third-order valence-electron chi connectivity index (χ3n) is 1.92. The largest absolute Gasteiger partial charge is 0.480 e. The van der Waals surface area contributed by atoms with E-state index >= 15 is 0 Å². The van der Waals surface area contributed by atoms with Crippen LogP contribution in [0.3, 0.4) is 0 Å². The van der Waals surface area contributed by atoms with Gasteiger partial charge in [0.05, 0.1) is 0 Å². The van der Waals surface area contributed by atoms with Crippen molar-refractivity contribution in [1.29, 1.82) is 0 Å². The highest BCUT2D eigenvalue weighted by Gasteiger charge is 2.14. The second kappa shape index (κ2) is 7.35. The third-order valence-corrected chi connectivity index (χ3v) is 1.92. The fraction of sp³-hybridized carbons (Fsp3) is 0.800. The van der Waals surface area contributed by atoms with Crippen molar-refractivity contribution >= 4 is 11.9 Å². The molecule has 0 aromatic rings. The minimum absolute atomic E-state index is 0.0453. The smallest absolute Gasteiger partial charge is 0.323 e. The van der Waals surface area contributed by atoms with Gasteiger partial charge in [0.2, 0.25) is 5.91 Å². The molecular formula is C10H19NO3. The van der Waals surface area contributed by atoms with Crippen molar-refractivity contribution in [2.45, 2.75) is 39.5 Å². The van der Waals surface area contributed by atoms with Gasteiger partial charge in [-0.2, -0.15) is 0 Å². The zero-order valence-electron chi connectivity index (χ0n) is 8.95. The van der Waals surface area contributed by atoms with E-state index in [4.69, 9.17) is 5.11 Å². The Hall–Kier alpha value is -1.06. The molecule has 14 heavy (non-hydrogen) atoms. The Labute approximate surface area is 84.9 Å². The van der Waals surface area contributed by atoms with Crippen LogP contribution in [0.2, 0.25) is 0 Å². The number of rotatable bonds is 7. The van der Waals surface area contributed by atoms with Gasteiger partial charge in [-0.15, -0.1) is 0 Å². The molecule has 0 aliphatic heterocycles. The van der Waals surface area contributed by atoms with E-state index in [0.29, 0.717) is 13.0 Å². The fourth-order valence-corrected chi connectivity index (χ4v) is 1.21. The van der Waals surface area contributed by atoms with Gasteiger partial charge in [-0.1, -0.05) is 20.3 Å². The molecule has 0 aromatic carbocycles. The average molecular weight is 201 g/mol. The van der Waals surface area contributed by atoms with Crippen LogP contribution in [0.1, 0.15) is 39.5 Å². The zero-order valence-corrected chi connectivity index (χ0v) is 8.95. The van der Waals surface area contributed by atoms with E-state index in [1.54, 1.807) is 0 Å². The molecule has 82 valence electrons. The predicted octanol–water partition coefficient (Wildman–Crippen LogP) is 1.50. The van der Waals surface area contributed by atoms with Gasteiger partial charge >= 0.3 is 5.97 Å². The van der Waals surface area contributed by atoms with Crippen molar-refractivity contribution in [2.75, 3.05) is 13.1 Å². The molecule has 0 aromatic heterocycles. The molecule has 1 N–H and O–H groups in total. The molecule has 0 saturated carbocycles. The summed E-state index contributed by atoms with van der Waals surface area (Å²) < 4.78 is 0. The lowest BCUT2D eigenvalue weighted by Crippen LogP contribution is -2.36. The summed E-state index contributed by atoms with van der Waals surface area (Å²) in [6.45, 7) is 4.31. The van der Waals surface area contributed by atoms with Crippen molar-refractivity contribution in [2.24, 2.45) is 0 Å². The van der Waals surface area contributed by atoms with Crippen molar-refractivity contribution < 1.29 is 14.7 Å². The zero-order chi connectivity index (χ0) is 11.0. The van der Waals surface area contributed by atoms with E-state index in [9.17, 15) is 9.59 Å². The molecule has 0 fully saturated rings. The first kappa shape index (κ1) is 12.9. The van der Waals surface area contributed by atoms with Crippen LogP contribution in [-0.4, -0.2) is 35.0 Å². The molecule has 0 aliphatic carbocycles. The van der Waals surface area contributed by atoms with E-state index in [-0.39, 0.29) is 12.5 Å². The summed E-state index contributed by atoms with van der Waals surface area (Å²) in [6, 6.07) is 0. The fourth-order valence-electron chi connectivity index (χ4n) is 1.21. The van der Waals surface area contributed by atoms with E-state index < -0.39 is 5.97 Å². The highest BCUT2D eigenvalue weighted by atomic mass is 16.4. The van der Waals surface area contributed by atoms with E-state index in [1.807, 2.05) is 13.8 Å². The van der Waals surface area contributed by atoms with Crippen molar-refractivity contribution in [3.05, 3.63) is 0 Å². The van der Waals surface area contributed by atoms with Crippen LogP contribution in [0.4, 0.5) is 0 Å². The standard InChI is InChI=1S/C10H19NO3/c1-3-5-6-9(12)11(7-4-2)8-10(13)14/h3-8H2,1-2H3,(H,13,14). The number of hydrogen-bond acceptors (Lipinski definition) is 2.